The Morgan fingerprint density at radius 2 is 1.76 bits per heavy atom. The van der Waals surface area contributed by atoms with Crippen LogP contribution in [0.4, 0.5) is 17.3 Å². The maximum atomic E-state index is 12.6. The van der Waals surface area contributed by atoms with E-state index in [9.17, 15) is 13.2 Å². The van der Waals surface area contributed by atoms with E-state index in [1.54, 1.807) is 6.07 Å². The number of H-pyrrole nitrogens is 1. The monoisotopic (exact) mass is 468 g/mol. The highest BCUT2D eigenvalue weighted by Gasteiger charge is 2.24. The van der Waals surface area contributed by atoms with Crippen molar-refractivity contribution in [2.24, 2.45) is 0 Å². The zero-order valence-electron chi connectivity index (χ0n) is 18.6. The second-order valence-electron chi connectivity index (χ2n) is 8.92. The molecular weight excluding hydrogens is 440 g/mol. The van der Waals surface area contributed by atoms with Crippen LogP contribution in [-0.2, 0) is 9.84 Å². The van der Waals surface area contributed by atoms with E-state index in [0.717, 1.165) is 31.6 Å². The number of aromatic nitrogens is 3. The smallest absolute Gasteiger partial charge is 0.262 e. The molecule has 0 unspecified atom stereocenters. The van der Waals surface area contributed by atoms with Gasteiger partial charge in [-0.05, 0) is 56.6 Å². The average Bonchev–Trinajstić information content (AvgIpc) is 2.80. The second kappa shape index (κ2) is 8.75. The van der Waals surface area contributed by atoms with Crippen LogP contribution in [0.15, 0.2) is 41.5 Å². The lowest BCUT2D eigenvalue weighted by atomic mass is 9.89. The minimum Gasteiger partial charge on any atom is -0.354 e. The van der Waals surface area contributed by atoms with Gasteiger partial charge in [-0.15, -0.1) is 0 Å². The number of rotatable bonds is 4. The lowest BCUT2D eigenvalue weighted by Gasteiger charge is -2.29. The van der Waals surface area contributed by atoms with Gasteiger partial charge in [0, 0.05) is 24.8 Å². The number of hydrogen-bond acceptors (Lipinski definition) is 8. The van der Waals surface area contributed by atoms with Crippen LogP contribution in [0, 0.1) is 0 Å². The number of anilines is 3. The van der Waals surface area contributed by atoms with Crippen LogP contribution in [0.3, 0.4) is 0 Å². The van der Waals surface area contributed by atoms with Gasteiger partial charge in [0.05, 0.1) is 23.3 Å². The van der Waals surface area contributed by atoms with Crippen molar-refractivity contribution in [2.75, 3.05) is 54.9 Å². The molecule has 2 N–H and O–H groups in total. The van der Waals surface area contributed by atoms with Gasteiger partial charge in [0.25, 0.3) is 5.56 Å². The number of nitrogens with one attached hydrogen (secondary N) is 2. The lowest BCUT2D eigenvalue weighted by Crippen LogP contribution is -2.40. The van der Waals surface area contributed by atoms with Gasteiger partial charge in [0.1, 0.15) is 17.0 Å². The van der Waals surface area contributed by atoms with Crippen molar-refractivity contribution in [3.8, 4) is 0 Å². The number of pyridine rings is 1. The molecule has 9 nitrogen and oxygen atoms in total. The van der Waals surface area contributed by atoms with E-state index in [-0.39, 0.29) is 17.1 Å². The summed E-state index contributed by atoms with van der Waals surface area (Å²) in [5.74, 6) is 1.78. The first-order valence-corrected chi connectivity index (χ1v) is 13.1. The number of aromatic amines is 1. The van der Waals surface area contributed by atoms with Gasteiger partial charge in [0.15, 0.2) is 9.84 Å². The van der Waals surface area contributed by atoms with Crippen LogP contribution in [0.5, 0.6) is 0 Å². The van der Waals surface area contributed by atoms with E-state index in [2.05, 4.69) is 39.4 Å². The molecule has 33 heavy (non-hydrogen) atoms. The summed E-state index contributed by atoms with van der Waals surface area (Å²) < 4.78 is 23.7. The fourth-order valence-corrected chi connectivity index (χ4v) is 5.79. The van der Waals surface area contributed by atoms with Crippen molar-refractivity contribution in [1.82, 2.24) is 19.9 Å². The first-order valence-electron chi connectivity index (χ1n) is 11.3. The van der Waals surface area contributed by atoms with Crippen LogP contribution in [-0.4, -0.2) is 73.0 Å². The first kappa shape index (κ1) is 21.8. The third-order valence-corrected chi connectivity index (χ3v) is 8.25. The van der Waals surface area contributed by atoms with Gasteiger partial charge >= 0.3 is 0 Å². The molecule has 3 aromatic rings. The average molecular weight is 469 g/mol. The minimum atomic E-state index is -3.01. The number of hydrogen-bond donors (Lipinski definition) is 2. The Morgan fingerprint density at radius 1 is 1.06 bits per heavy atom. The Morgan fingerprint density at radius 3 is 2.45 bits per heavy atom. The van der Waals surface area contributed by atoms with Gasteiger partial charge in [-0.1, -0.05) is 12.1 Å². The Kier molecular flexibility index (Phi) is 5.79. The molecule has 2 aromatic heterocycles. The second-order valence-corrected chi connectivity index (χ2v) is 11.2. The molecular formula is C23H28N6O3S. The predicted octanol–water partition coefficient (Wildman–Crippen LogP) is 2.11. The van der Waals surface area contributed by atoms with Crippen molar-refractivity contribution in [2.45, 2.75) is 18.8 Å². The summed E-state index contributed by atoms with van der Waals surface area (Å²) in [6.45, 7) is 2.96. The largest absolute Gasteiger partial charge is 0.354 e. The highest BCUT2D eigenvalue weighted by atomic mass is 32.2. The zero-order chi connectivity index (χ0) is 23.0. The van der Waals surface area contributed by atoms with Crippen LogP contribution in [0.1, 0.15) is 24.3 Å². The molecule has 174 valence electrons. The highest BCUT2D eigenvalue weighted by molar-refractivity contribution is 7.91. The van der Waals surface area contributed by atoms with E-state index in [0.29, 0.717) is 41.5 Å². The lowest BCUT2D eigenvalue weighted by molar-refractivity contribution is 0.255. The standard InChI is InChI=1S/C23H28N6O3S/c1-28-8-6-17(7-9-28)16-2-4-18(5-3-16)26-22-21-19(24-15-25-23(21)30)14-20(27-22)29-10-12-33(31,32)13-11-29/h2-5,14-15,17H,6-13H2,1H3,(H,26,27)(H,24,25,30). The summed E-state index contributed by atoms with van der Waals surface area (Å²) >= 11 is 0. The van der Waals surface area contributed by atoms with E-state index >= 15 is 0 Å². The summed E-state index contributed by atoms with van der Waals surface area (Å²) in [4.78, 5) is 28.5. The molecule has 2 saturated heterocycles. The third-order valence-electron chi connectivity index (χ3n) is 6.64. The van der Waals surface area contributed by atoms with Gasteiger partial charge < -0.3 is 20.1 Å². The molecule has 0 spiro atoms. The van der Waals surface area contributed by atoms with Crippen molar-refractivity contribution in [1.29, 1.82) is 0 Å². The van der Waals surface area contributed by atoms with E-state index in [1.165, 1.54) is 11.9 Å². The minimum absolute atomic E-state index is 0.0939. The molecule has 4 heterocycles. The van der Waals surface area contributed by atoms with E-state index in [4.69, 9.17) is 4.98 Å². The van der Waals surface area contributed by atoms with Crippen molar-refractivity contribution in [3.05, 3.63) is 52.6 Å². The molecule has 10 heteroatoms. The zero-order valence-corrected chi connectivity index (χ0v) is 19.4. The van der Waals surface area contributed by atoms with Crippen molar-refractivity contribution >= 4 is 38.1 Å². The summed E-state index contributed by atoms with van der Waals surface area (Å²) in [5.41, 5.74) is 2.41. The number of likely N-dealkylation sites (tertiary alicyclic amines) is 1. The number of piperidine rings is 1. The fourth-order valence-electron chi connectivity index (χ4n) is 4.59. The molecule has 0 saturated carbocycles. The number of benzene rings is 1. The number of sulfone groups is 1. The molecule has 0 radical (unpaired) electrons. The molecule has 0 bridgehead atoms. The molecule has 2 fully saturated rings. The van der Waals surface area contributed by atoms with Gasteiger partial charge in [-0.3, -0.25) is 4.79 Å². The number of fused-ring (bicyclic) bond motifs is 1. The third kappa shape index (κ3) is 4.72. The van der Waals surface area contributed by atoms with Crippen molar-refractivity contribution < 1.29 is 8.42 Å². The molecule has 0 amide bonds. The topological polar surface area (TPSA) is 111 Å². The Balaban J connectivity index is 1.44. The highest BCUT2D eigenvalue weighted by Crippen LogP contribution is 2.30. The maximum Gasteiger partial charge on any atom is 0.262 e. The quantitative estimate of drug-likeness (QED) is 0.599. The predicted molar refractivity (Wildman–Crippen MR) is 130 cm³/mol. The summed E-state index contributed by atoms with van der Waals surface area (Å²) in [5, 5.41) is 3.68. The van der Waals surface area contributed by atoms with E-state index in [1.807, 2.05) is 17.0 Å². The van der Waals surface area contributed by atoms with Crippen LogP contribution >= 0.6 is 0 Å². The Bertz CT molecular complexity index is 1300. The van der Waals surface area contributed by atoms with Crippen LogP contribution in [0.2, 0.25) is 0 Å². The number of nitrogens with zero attached hydrogens (tertiary/aromatic N) is 4. The summed E-state index contributed by atoms with van der Waals surface area (Å²) in [6, 6.07) is 10.1. The van der Waals surface area contributed by atoms with Gasteiger partial charge in [-0.25, -0.2) is 18.4 Å². The Hall–Kier alpha value is -2.98. The SMILES string of the molecule is CN1CCC(c2ccc(Nc3nc(N4CCS(=O)(=O)CC4)cc4nc[nH]c(=O)c34)cc2)CC1. The van der Waals surface area contributed by atoms with Gasteiger partial charge in [0.2, 0.25) is 0 Å². The molecule has 2 aliphatic heterocycles. The first-order chi connectivity index (χ1) is 15.9. The van der Waals surface area contributed by atoms with Gasteiger partial charge in [-0.2, -0.15) is 0 Å². The molecule has 0 aliphatic carbocycles. The summed E-state index contributed by atoms with van der Waals surface area (Å²) in [7, 11) is -0.846. The maximum absolute atomic E-state index is 12.6. The Labute approximate surface area is 192 Å². The normalized spacial score (nSPS) is 19.6. The van der Waals surface area contributed by atoms with Crippen LogP contribution < -0.4 is 15.8 Å². The van der Waals surface area contributed by atoms with Crippen LogP contribution in [0.25, 0.3) is 10.9 Å². The molecule has 1 aromatic carbocycles. The molecule has 2 aliphatic rings. The molecule has 0 atom stereocenters. The molecule has 5 rings (SSSR count). The fraction of sp³-hybridized carbons (Fsp3) is 0.435. The van der Waals surface area contributed by atoms with Crippen molar-refractivity contribution in [3.63, 3.8) is 0 Å². The van der Waals surface area contributed by atoms with E-state index < -0.39 is 9.84 Å². The summed E-state index contributed by atoms with van der Waals surface area (Å²) in [6.07, 6.45) is 3.68.